The second-order valence-corrected chi connectivity index (χ2v) is 8.97. The summed E-state index contributed by atoms with van der Waals surface area (Å²) in [5, 5.41) is 13.7. The Hall–Kier alpha value is -2.32. The topological polar surface area (TPSA) is 65.1 Å². The van der Waals surface area contributed by atoms with Crippen molar-refractivity contribution in [2.24, 2.45) is 0 Å². The van der Waals surface area contributed by atoms with E-state index in [-0.39, 0.29) is 5.43 Å². The van der Waals surface area contributed by atoms with E-state index in [0.29, 0.717) is 22.2 Å². The van der Waals surface area contributed by atoms with Gasteiger partial charge in [-0.15, -0.1) is 0 Å². The summed E-state index contributed by atoms with van der Waals surface area (Å²) >= 11 is 3.34. The molecule has 0 amide bonds. The normalized spacial score (nSPS) is 14.5. The summed E-state index contributed by atoms with van der Waals surface area (Å²) in [5.41, 5.74) is -2.59. The van der Waals surface area contributed by atoms with Crippen molar-refractivity contribution in [1.29, 1.82) is 0 Å². The van der Waals surface area contributed by atoms with Crippen LogP contribution in [0.25, 0.3) is 10.9 Å². The highest BCUT2D eigenvalue weighted by Crippen LogP contribution is 2.41. The number of benzene rings is 2. The van der Waals surface area contributed by atoms with E-state index in [0.717, 1.165) is 4.47 Å². The molecule has 0 spiro atoms. The quantitative estimate of drug-likeness (QED) is 0.442. The van der Waals surface area contributed by atoms with Crippen LogP contribution in [-0.2, 0) is 5.41 Å². The lowest BCUT2D eigenvalue weighted by atomic mass is 9.75. The average Bonchev–Trinajstić information content (AvgIpc) is 2.66. The minimum absolute atomic E-state index is 0.241. The smallest absolute Gasteiger partial charge is 0.382 e. The molecule has 0 radical (unpaired) electrons. The number of hydrogen-bond acceptors (Lipinski definition) is 3. The maximum Gasteiger partial charge on any atom is 0.418 e. The third kappa shape index (κ3) is 4.70. The fourth-order valence-electron chi connectivity index (χ4n) is 3.53. The molecule has 0 aliphatic heterocycles. The summed E-state index contributed by atoms with van der Waals surface area (Å²) in [6.45, 7) is 2.59. The summed E-state index contributed by atoms with van der Waals surface area (Å²) in [4.78, 5) is 14.9. The second-order valence-electron chi connectivity index (χ2n) is 8.06. The lowest BCUT2D eigenvalue weighted by molar-refractivity contribution is -0.260. The van der Waals surface area contributed by atoms with E-state index in [1.165, 1.54) is 18.3 Å². The number of nitrogens with one attached hydrogen (secondary N) is 2. The zero-order valence-electron chi connectivity index (χ0n) is 16.5. The molecule has 4 nitrogen and oxygen atoms in total. The monoisotopic (exact) mass is 482 g/mol. The first-order chi connectivity index (χ1) is 13.9. The molecule has 0 saturated heterocycles. The van der Waals surface area contributed by atoms with Gasteiger partial charge in [-0.25, -0.2) is 0 Å². The van der Waals surface area contributed by atoms with Crippen LogP contribution in [0.2, 0.25) is 0 Å². The number of alkyl halides is 3. The van der Waals surface area contributed by atoms with Crippen LogP contribution in [0.3, 0.4) is 0 Å². The van der Waals surface area contributed by atoms with Gasteiger partial charge >= 0.3 is 6.18 Å². The molecule has 3 N–H and O–H groups in total. The maximum absolute atomic E-state index is 13.9. The van der Waals surface area contributed by atoms with Gasteiger partial charge in [-0.2, -0.15) is 13.2 Å². The molecule has 1 heterocycles. The minimum Gasteiger partial charge on any atom is -0.382 e. The van der Waals surface area contributed by atoms with Crippen molar-refractivity contribution in [3.8, 4) is 0 Å². The lowest BCUT2D eigenvalue weighted by Gasteiger charge is -2.38. The maximum atomic E-state index is 13.9. The van der Waals surface area contributed by atoms with E-state index in [1.807, 2.05) is 0 Å². The highest BCUT2D eigenvalue weighted by atomic mass is 79.9. The first kappa shape index (κ1) is 22.4. The van der Waals surface area contributed by atoms with E-state index in [4.69, 9.17) is 0 Å². The molecule has 0 aliphatic carbocycles. The zero-order chi connectivity index (χ0) is 22.2. The van der Waals surface area contributed by atoms with Gasteiger partial charge in [-0.3, -0.25) is 4.79 Å². The number of aromatic nitrogens is 1. The first-order valence-corrected chi connectivity index (χ1v) is 10.1. The number of hydrogen-bond donors (Lipinski definition) is 3. The fraction of sp³-hybridized carbons (Fsp3) is 0.318. The molecule has 3 rings (SSSR count). The van der Waals surface area contributed by atoms with Gasteiger partial charge in [-0.1, -0.05) is 41.9 Å². The van der Waals surface area contributed by atoms with Gasteiger partial charge in [-0.05, 0) is 47.7 Å². The van der Waals surface area contributed by atoms with Gasteiger partial charge in [0, 0.05) is 33.3 Å². The van der Waals surface area contributed by atoms with Gasteiger partial charge in [0.15, 0.2) is 11.0 Å². The molecule has 3 aromatic rings. The number of anilines is 1. The molecular formula is C22H22BrF3N2O2. The van der Waals surface area contributed by atoms with Crippen LogP contribution in [0.1, 0.15) is 25.8 Å². The molecule has 160 valence electrons. The molecule has 1 aromatic heterocycles. The first-order valence-electron chi connectivity index (χ1n) is 9.32. The summed E-state index contributed by atoms with van der Waals surface area (Å²) < 4.78 is 42.4. The molecule has 1 atom stereocenters. The molecule has 30 heavy (non-hydrogen) atoms. The molecular weight excluding hydrogens is 461 g/mol. The average molecular weight is 483 g/mol. The van der Waals surface area contributed by atoms with Crippen molar-refractivity contribution < 1.29 is 18.3 Å². The Balaban J connectivity index is 1.87. The number of halogens is 4. The SMILES string of the molecule is CC(C)(CC(O)(CNc1ccc2[nH]ccc(=O)c2c1)C(F)(F)F)c1cccc(Br)c1. The van der Waals surface area contributed by atoms with Crippen LogP contribution in [-0.4, -0.2) is 28.4 Å². The highest BCUT2D eigenvalue weighted by Gasteiger charge is 2.55. The lowest BCUT2D eigenvalue weighted by Crippen LogP contribution is -2.53. The van der Waals surface area contributed by atoms with Crippen molar-refractivity contribution in [1.82, 2.24) is 4.98 Å². The predicted molar refractivity (Wildman–Crippen MR) is 116 cm³/mol. The Morgan fingerprint density at radius 3 is 2.50 bits per heavy atom. The number of aliphatic hydroxyl groups is 1. The van der Waals surface area contributed by atoms with Crippen molar-refractivity contribution >= 4 is 32.5 Å². The minimum atomic E-state index is -4.85. The Bertz CT molecular complexity index is 1110. The Morgan fingerprint density at radius 1 is 1.10 bits per heavy atom. The third-order valence-corrected chi connectivity index (χ3v) is 5.70. The largest absolute Gasteiger partial charge is 0.418 e. The van der Waals surface area contributed by atoms with E-state index in [1.54, 1.807) is 50.2 Å². The van der Waals surface area contributed by atoms with Crippen LogP contribution >= 0.6 is 15.9 Å². The number of aromatic amines is 1. The molecule has 0 fully saturated rings. The van der Waals surface area contributed by atoms with E-state index in [2.05, 4.69) is 26.2 Å². The standard InChI is InChI=1S/C22H22BrF3N2O2/c1-20(2,14-4-3-5-15(23)10-14)12-21(30,22(24,25)26)13-28-16-6-7-18-17(11-16)19(29)8-9-27-18/h3-11,28,30H,12-13H2,1-2H3,(H,27,29). The van der Waals surface area contributed by atoms with Crippen molar-refractivity contribution in [3.63, 3.8) is 0 Å². The Kier molecular flexibility index (Phi) is 6.02. The zero-order valence-corrected chi connectivity index (χ0v) is 18.1. The van der Waals surface area contributed by atoms with Crippen LogP contribution in [0.4, 0.5) is 18.9 Å². The van der Waals surface area contributed by atoms with Gasteiger partial charge in [0.1, 0.15) is 0 Å². The van der Waals surface area contributed by atoms with Gasteiger partial charge in [0.2, 0.25) is 0 Å². The summed E-state index contributed by atoms with van der Waals surface area (Å²) in [6, 6.07) is 13.0. The molecule has 0 saturated carbocycles. The van der Waals surface area contributed by atoms with Crippen LogP contribution in [0, 0.1) is 0 Å². The number of H-pyrrole nitrogens is 1. The summed E-state index contributed by atoms with van der Waals surface area (Å²) in [5.74, 6) is 0. The molecule has 0 aliphatic rings. The van der Waals surface area contributed by atoms with Crippen LogP contribution in [0.15, 0.2) is 64.0 Å². The van der Waals surface area contributed by atoms with E-state index < -0.39 is 30.2 Å². The molecule has 8 heteroatoms. The number of pyridine rings is 1. The Labute approximate surface area is 180 Å². The molecule has 1 unspecified atom stereocenters. The van der Waals surface area contributed by atoms with Crippen molar-refractivity contribution in [3.05, 3.63) is 75.0 Å². The van der Waals surface area contributed by atoms with Crippen molar-refractivity contribution in [2.45, 2.75) is 37.5 Å². The van der Waals surface area contributed by atoms with Gasteiger partial charge in [0.05, 0.1) is 6.54 Å². The van der Waals surface area contributed by atoms with Gasteiger partial charge in [0.25, 0.3) is 0 Å². The van der Waals surface area contributed by atoms with E-state index >= 15 is 0 Å². The Morgan fingerprint density at radius 2 is 1.83 bits per heavy atom. The highest BCUT2D eigenvalue weighted by molar-refractivity contribution is 9.10. The van der Waals surface area contributed by atoms with Crippen molar-refractivity contribution in [2.75, 3.05) is 11.9 Å². The van der Waals surface area contributed by atoms with Crippen LogP contribution < -0.4 is 10.7 Å². The fourth-order valence-corrected chi connectivity index (χ4v) is 3.93. The molecule has 2 aromatic carbocycles. The summed E-state index contributed by atoms with van der Waals surface area (Å²) in [7, 11) is 0. The third-order valence-electron chi connectivity index (χ3n) is 5.21. The second kappa shape index (κ2) is 8.07. The summed E-state index contributed by atoms with van der Waals surface area (Å²) in [6.07, 6.45) is -3.89. The predicted octanol–water partition coefficient (Wildman–Crippen LogP) is 5.36. The van der Waals surface area contributed by atoms with Gasteiger partial charge < -0.3 is 15.4 Å². The number of rotatable bonds is 6. The van der Waals surface area contributed by atoms with Crippen LogP contribution in [0.5, 0.6) is 0 Å². The number of fused-ring (bicyclic) bond motifs is 1. The molecule has 0 bridgehead atoms. The van der Waals surface area contributed by atoms with E-state index in [9.17, 15) is 23.1 Å².